The summed E-state index contributed by atoms with van der Waals surface area (Å²) >= 11 is 11.2. The van der Waals surface area contributed by atoms with Crippen LogP contribution >= 0.6 is 23.8 Å². The number of ether oxygens (including phenoxy) is 1. The minimum absolute atomic E-state index is 0.0348. The van der Waals surface area contributed by atoms with Crippen LogP contribution in [0.25, 0.3) is 10.9 Å². The summed E-state index contributed by atoms with van der Waals surface area (Å²) in [6.07, 6.45) is 1.51. The second-order valence-corrected chi connectivity index (χ2v) is 6.80. The Kier molecular flexibility index (Phi) is 5.11. The molecule has 4 rings (SSSR count). The number of hydrogen-bond donors (Lipinski definition) is 2. The zero-order valence-corrected chi connectivity index (χ0v) is 16.3. The van der Waals surface area contributed by atoms with Crippen molar-refractivity contribution >= 4 is 40.6 Å². The van der Waals surface area contributed by atoms with E-state index in [0.29, 0.717) is 21.7 Å². The van der Waals surface area contributed by atoms with E-state index in [4.69, 9.17) is 28.6 Å². The van der Waals surface area contributed by atoms with Gasteiger partial charge in [-0.05, 0) is 54.7 Å². The Morgan fingerprint density at radius 2 is 1.93 bits per heavy atom. The Labute approximate surface area is 174 Å². The lowest BCUT2D eigenvalue weighted by atomic mass is 10.2. The van der Waals surface area contributed by atoms with Crippen molar-refractivity contribution < 1.29 is 9.53 Å². The van der Waals surface area contributed by atoms with Crippen molar-refractivity contribution in [3.63, 3.8) is 0 Å². The predicted molar refractivity (Wildman–Crippen MR) is 113 cm³/mol. The van der Waals surface area contributed by atoms with Crippen LogP contribution in [0.3, 0.4) is 0 Å². The van der Waals surface area contributed by atoms with Crippen LogP contribution in [0.5, 0.6) is 11.6 Å². The normalized spacial score (nSPS) is 10.7. The first kappa shape index (κ1) is 18.9. The Morgan fingerprint density at radius 1 is 1.14 bits per heavy atom. The van der Waals surface area contributed by atoms with Crippen molar-refractivity contribution in [2.24, 2.45) is 0 Å². The van der Waals surface area contributed by atoms with Crippen molar-refractivity contribution in [2.45, 2.75) is 0 Å². The fourth-order valence-corrected chi connectivity index (χ4v) is 3.11. The number of nitrogens with zero attached hydrogens (tertiary/aromatic N) is 2. The molecule has 2 aromatic heterocycles. The molecule has 4 aromatic rings. The smallest absolute Gasteiger partial charge is 0.281 e. The van der Waals surface area contributed by atoms with E-state index < -0.39 is 11.5 Å². The molecule has 0 atom stereocenters. The number of fused-ring (bicyclic) bond motifs is 1. The third-order valence-electron chi connectivity index (χ3n) is 4.05. The number of rotatable bonds is 4. The van der Waals surface area contributed by atoms with Gasteiger partial charge in [0.1, 0.15) is 11.3 Å². The van der Waals surface area contributed by atoms with Crippen molar-refractivity contribution in [3.8, 4) is 11.6 Å². The molecule has 0 radical (unpaired) electrons. The molecule has 0 aliphatic rings. The van der Waals surface area contributed by atoms with E-state index >= 15 is 0 Å². The summed E-state index contributed by atoms with van der Waals surface area (Å²) in [6, 6.07) is 16.9. The Morgan fingerprint density at radius 3 is 2.72 bits per heavy atom. The number of amides is 1. The summed E-state index contributed by atoms with van der Waals surface area (Å²) in [7, 11) is 0. The maximum atomic E-state index is 12.9. The zero-order chi connectivity index (χ0) is 20.4. The Hall–Kier alpha value is -3.49. The van der Waals surface area contributed by atoms with Crippen molar-refractivity contribution in [3.05, 3.63) is 92.6 Å². The van der Waals surface area contributed by atoms with Gasteiger partial charge in [0.2, 0.25) is 5.88 Å². The van der Waals surface area contributed by atoms with E-state index in [-0.39, 0.29) is 16.2 Å². The number of benzene rings is 2. The summed E-state index contributed by atoms with van der Waals surface area (Å²) in [5.74, 6) is 0.0186. The van der Waals surface area contributed by atoms with Crippen LogP contribution in [0.1, 0.15) is 10.4 Å². The van der Waals surface area contributed by atoms with E-state index in [1.807, 2.05) is 6.07 Å². The number of halogens is 1. The first-order chi connectivity index (χ1) is 14.0. The zero-order valence-electron chi connectivity index (χ0n) is 14.8. The van der Waals surface area contributed by atoms with Crippen LogP contribution in [0, 0.1) is 4.77 Å². The van der Waals surface area contributed by atoms with Crippen molar-refractivity contribution in [1.29, 1.82) is 0 Å². The quantitative estimate of drug-likeness (QED) is 0.477. The Bertz CT molecular complexity index is 1340. The fraction of sp³-hybridized carbons (Fsp3) is 0. The lowest BCUT2D eigenvalue weighted by Gasteiger charge is -2.12. The Balaban J connectivity index is 1.71. The fourth-order valence-electron chi connectivity index (χ4n) is 2.69. The molecule has 0 aliphatic carbocycles. The van der Waals surface area contributed by atoms with Gasteiger partial charge in [0.15, 0.2) is 4.77 Å². The van der Waals surface area contributed by atoms with Gasteiger partial charge in [-0.3, -0.25) is 15.0 Å². The first-order valence-corrected chi connectivity index (χ1v) is 9.25. The molecular weight excluding hydrogens is 412 g/mol. The summed E-state index contributed by atoms with van der Waals surface area (Å²) < 4.78 is 6.69. The second-order valence-electron chi connectivity index (χ2n) is 5.97. The van der Waals surface area contributed by atoms with E-state index in [2.05, 4.69) is 15.4 Å². The lowest BCUT2D eigenvalue weighted by molar-refractivity contribution is 0.100. The van der Waals surface area contributed by atoms with Gasteiger partial charge in [-0.15, -0.1) is 0 Å². The maximum Gasteiger partial charge on any atom is 0.281 e. The standard InChI is InChI=1S/C20H13ClN4O3S/c21-12-8-9-16-15(11-12)19(27)25(20(29)23-16)24-17(26)14-7-4-10-22-18(14)28-13-5-2-1-3-6-13/h1-11H,(H,23,29)(H,24,26). The molecule has 7 nitrogen and oxygen atoms in total. The number of H-pyrrole nitrogens is 1. The molecule has 0 unspecified atom stereocenters. The third-order valence-corrected chi connectivity index (χ3v) is 4.57. The van der Waals surface area contributed by atoms with E-state index in [9.17, 15) is 9.59 Å². The van der Waals surface area contributed by atoms with E-state index in [0.717, 1.165) is 4.68 Å². The number of pyridine rings is 1. The molecule has 0 aliphatic heterocycles. The average molecular weight is 425 g/mol. The highest BCUT2D eigenvalue weighted by Gasteiger charge is 2.16. The van der Waals surface area contributed by atoms with Crippen molar-refractivity contribution in [2.75, 3.05) is 5.43 Å². The number of carbonyl (C=O) groups excluding carboxylic acids is 1. The molecule has 2 N–H and O–H groups in total. The predicted octanol–water partition coefficient (Wildman–Crippen LogP) is 4.28. The number of para-hydroxylation sites is 1. The molecule has 29 heavy (non-hydrogen) atoms. The molecule has 0 spiro atoms. The van der Waals surface area contributed by atoms with Crippen molar-refractivity contribution in [1.82, 2.24) is 14.6 Å². The highest BCUT2D eigenvalue weighted by molar-refractivity contribution is 7.71. The number of carbonyl (C=O) groups is 1. The molecule has 2 aromatic carbocycles. The highest BCUT2D eigenvalue weighted by Crippen LogP contribution is 2.22. The topological polar surface area (TPSA) is 89.0 Å². The van der Waals surface area contributed by atoms with Gasteiger partial charge in [0.05, 0.1) is 10.9 Å². The lowest BCUT2D eigenvalue weighted by Crippen LogP contribution is -2.34. The SMILES string of the molecule is O=C(Nn1c(=S)[nH]c2ccc(Cl)cc2c1=O)c1cccnc1Oc1ccccc1. The van der Waals surface area contributed by atoms with Gasteiger partial charge in [0, 0.05) is 11.2 Å². The van der Waals surface area contributed by atoms with Crippen LogP contribution in [0.2, 0.25) is 5.02 Å². The maximum absolute atomic E-state index is 12.9. The second kappa shape index (κ2) is 7.86. The average Bonchev–Trinajstić information content (AvgIpc) is 2.73. The monoisotopic (exact) mass is 424 g/mol. The molecule has 144 valence electrons. The molecule has 0 fully saturated rings. The summed E-state index contributed by atoms with van der Waals surface area (Å²) in [4.78, 5) is 32.7. The van der Waals surface area contributed by atoms with Crippen LogP contribution < -0.4 is 15.7 Å². The van der Waals surface area contributed by atoms with Crippen LogP contribution in [0.4, 0.5) is 0 Å². The van der Waals surface area contributed by atoms with Gasteiger partial charge < -0.3 is 9.72 Å². The van der Waals surface area contributed by atoms with Crippen LogP contribution in [-0.2, 0) is 0 Å². The minimum atomic E-state index is -0.605. The van der Waals surface area contributed by atoms with Gasteiger partial charge in [-0.25, -0.2) is 4.98 Å². The summed E-state index contributed by atoms with van der Waals surface area (Å²) in [5, 5.41) is 0.683. The van der Waals surface area contributed by atoms with Gasteiger partial charge >= 0.3 is 0 Å². The van der Waals surface area contributed by atoms with Gasteiger partial charge in [-0.1, -0.05) is 29.8 Å². The van der Waals surface area contributed by atoms with Crippen LogP contribution in [-0.4, -0.2) is 20.6 Å². The minimum Gasteiger partial charge on any atom is -0.438 e. The number of hydrogen-bond acceptors (Lipinski definition) is 5. The number of nitrogens with one attached hydrogen (secondary N) is 2. The highest BCUT2D eigenvalue weighted by atomic mass is 35.5. The first-order valence-electron chi connectivity index (χ1n) is 8.47. The van der Waals surface area contributed by atoms with E-state index in [1.165, 1.54) is 18.3 Å². The third kappa shape index (κ3) is 3.89. The van der Waals surface area contributed by atoms with Gasteiger partial charge in [0.25, 0.3) is 11.5 Å². The molecule has 2 heterocycles. The van der Waals surface area contributed by atoms with Crippen LogP contribution in [0.15, 0.2) is 71.7 Å². The van der Waals surface area contributed by atoms with Gasteiger partial charge in [-0.2, -0.15) is 4.68 Å². The molecule has 0 saturated carbocycles. The van der Waals surface area contributed by atoms with E-state index in [1.54, 1.807) is 42.5 Å². The largest absolute Gasteiger partial charge is 0.438 e. The number of aromatic nitrogens is 3. The molecule has 0 bridgehead atoms. The molecular formula is C20H13ClN4O3S. The molecule has 1 amide bonds. The summed E-state index contributed by atoms with van der Waals surface area (Å²) in [5.41, 5.74) is 2.65. The number of aromatic amines is 1. The molecule has 0 saturated heterocycles. The molecule has 9 heteroatoms. The summed E-state index contributed by atoms with van der Waals surface area (Å²) in [6.45, 7) is 0.